The summed E-state index contributed by atoms with van der Waals surface area (Å²) < 4.78 is 5.41. The average molecular weight is 433 g/mol. The second kappa shape index (κ2) is 8.28. The van der Waals surface area contributed by atoms with Crippen molar-refractivity contribution >= 4 is 17.4 Å². The smallest absolute Gasteiger partial charge is 0.317 e. The molecule has 0 unspecified atom stereocenters. The van der Waals surface area contributed by atoms with Crippen molar-refractivity contribution in [2.24, 2.45) is 0 Å². The lowest BCUT2D eigenvalue weighted by Gasteiger charge is -2.47. The fraction of sp³-hybridized carbons (Fsp3) is 0.667. The predicted molar refractivity (Wildman–Crippen MR) is 117 cm³/mol. The Labute approximate surface area is 182 Å². The highest BCUT2D eigenvalue weighted by molar-refractivity contribution is 7.13. The molecule has 2 aliphatic rings. The maximum atomic E-state index is 12.8. The molecule has 2 saturated heterocycles. The van der Waals surface area contributed by atoms with E-state index in [2.05, 4.69) is 53.4 Å². The molecule has 4 heterocycles. The van der Waals surface area contributed by atoms with Gasteiger partial charge in [-0.1, -0.05) is 11.2 Å². The van der Waals surface area contributed by atoms with Crippen LogP contribution in [0.5, 0.6) is 0 Å². The van der Waals surface area contributed by atoms with E-state index in [0.717, 1.165) is 30.8 Å². The number of urea groups is 1. The Balaban J connectivity index is 1.26. The summed E-state index contributed by atoms with van der Waals surface area (Å²) >= 11 is 1.60. The highest BCUT2D eigenvalue weighted by Gasteiger charge is 2.38. The minimum atomic E-state index is 0.0183. The summed E-state index contributed by atoms with van der Waals surface area (Å²) in [6.45, 7) is 12.4. The molecule has 0 aromatic carbocycles. The van der Waals surface area contributed by atoms with Gasteiger partial charge in [0.05, 0.1) is 11.4 Å². The number of hydrogen-bond acceptors (Lipinski definition) is 7. The lowest BCUT2D eigenvalue weighted by Crippen LogP contribution is -2.63. The Morgan fingerprint density at radius 3 is 2.57 bits per heavy atom. The first-order valence-corrected chi connectivity index (χ1v) is 11.5. The van der Waals surface area contributed by atoms with Crippen molar-refractivity contribution in [2.75, 3.05) is 26.2 Å². The van der Waals surface area contributed by atoms with E-state index in [0.29, 0.717) is 31.3 Å². The van der Waals surface area contributed by atoms with Gasteiger partial charge in [-0.05, 0) is 52.0 Å². The van der Waals surface area contributed by atoms with Gasteiger partial charge >= 0.3 is 6.03 Å². The normalized spacial score (nSPS) is 22.2. The van der Waals surface area contributed by atoms with Crippen LogP contribution in [0, 0.1) is 0 Å². The SMILES string of the molecule is CC1(C)CC(NC(=O)N2CCN(Cc3nc(-c4cccs4)no3)CC2)CC(C)(C)N1. The van der Waals surface area contributed by atoms with E-state index in [9.17, 15) is 4.79 Å². The Kier molecular flexibility index (Phi) is 5.87. The number of nitrogens with one attached hydrogen (secondary N) is 2. The van der Waals surface area contributed by atoms with Gasteiger partial charge in [-0.15, -0.1) is 11.3 Å². The maximum Gasteiger partial charge on any atom is 0.317 e. The Bertz CT molecular complexity index is 839. The van der Waals surface area contributed by atoms with Crippen LogP contribution in [0.4, 0.5) is 4.79 Å². The molecule has 0 aliphatic carbocycles. The van der Waals surface area contributed by atoms with Crippen molar-refractivity contribution in [1.82, 2.24) is 30.6 Å². The van der Waals surface area contributed by atoms with Gasteiger partial charge in [-0.3, -0.25) is 4.90 Å². The average Bonchev–Trinajstić information content (AvgIpc) is 3.31. The summed E-state index contributed by atoms with van der Waals surface area (Å²) in [7, 11) is 0. The highest BCUT2D eigenvalue weighted by Crippen LogP contribution is 2.28. The van der Waals surface area contributed by atoms with E-state index in [1.165, 1.54) is 0 Å². The molecule has 2 fully saturated rings. The summed E-state index contributed by atoms with van der Waals surface area (Å²) in [6, 6.07) is 4.20. The molecule has 0 bridgehead atoms. The number of nitrogens with zero attached hydrogens (tertiary/aromatic N) is 4. The zero-order valence-electron chi connectivity index (χ0n) is 18.3. The number of piperazine rings is 1. The summed E-state index contributed by atoms with van der Waals surface area (Å²) in [5.41, 5.74) is 0.0366. The van der Waals surface area contributed by atoms with Crippen molar-refractivity contribution in [3.63, 3.8) is 0 Å². The van der Waals surface area contributed by atoms with E-state index in [1.807, 2.05) is 22.4 Å². The molecule has 30 heavy (non-hydrogen) atoms. The van der Waals surface area contributed by atoms with E-state index in [1.54, 1.807) is 11.3 Å². The second-order valence-corrected chi connectivity index (χ2v) is 10.6. The van der Waals surface area contributed by atoms with Gasteiger partial charge < -0.3 is 20.1 Å². The summed E-state index contributed by atoms with van der Waals surface area (Å²) in [5, 5.41) is 13.0. The van der Waals surface area contributed by atoms with Crippen molar-refractivity contribution in [3.8, 4) is 10.7 Å². The molecule has 2 aliphatic heterocycles. The highest BCUT2D eigenvalue weighted by atomic mass is 32.1. The number of thiophene rings is 1. The number of piperidine rings is 1. The van der Waals surface area contributed by atoms with E-state index in [4.69, 9.17) is 4.52 Å². The Hall–Kier alpha value is -1.97. The Morgan fingerprint density at radius 2 is 1.93 bits per heavy atom. The number of amides is 2. The van der Waals surface area contributed by atoms with Crippen LogP contribution in [0.15, 0.2) is 22.0 Å². The zero-order chi connectivity index (χ0) is 21.4. The van der Waals surface area contributed by atoms with Gasteiger partial charge in [0.15, 0.2) is 0 Å². The van der Waals surface area contributed by atoms with Crippen LogP contribution in [-0.2, 0) is 6.54 Å². The zero-order valence-corrected chi connectivity index (χ0v) is 19.1. The molecule has 9 heteroatoms. The van der Waals surface area contributed by atoms with Crippen molar-refractivity contribution in [1.29, 1.82) is 0 Å². The van der Waals surface area contributed by atoms with Crippen LogP contribution in [0.1, 0.15) is 46.4 Å². The minimum Gasteiger partial charge on any atom is -0.338 e. The van der Waals surface area contributed by atoms with E-state index < -0.39 is 0 Å². The van der Waals surface area contributed by atoms with E-state index in [-0.39, 0.29) is 23.2 Å². The van der Waals surface area contributed by atoms with Gasteiger partial charge in [0.25, 0.3) is 0 Å². The molecule has 2 amide bonds. The van der Waals surface area contributed by atoms with Gasteiger partial charge in [-0.2, -0.15) is 4.98 Å². The predicted octanol–water partition coefficient (Wildman–Crippen LogP) is 2.93. The molecule has 2 aromatic rings. The fourth-order valence-corrected chi connectivity index (χ4v) is 5.46. The standard InChI is InChI=1S/C21H32N6O2S/c1-20(2)12-15(13-21(3,4)25-20)22-19(28)27-9-7-26(8-10-27)14-17-23-18(24-29-17)16-6-5-11-30-16/h5-6,11,15,25H,7-10,12-14H2,1-4H3,(H,22,28). The number of rotatable bonds is 4. The third-order valence-corrected chi connectivity index (χ3v) is 6.61. The van der Waals surface area contributed by atoms with Gasteiger partial charge in [0.2, 0.25) is 11.7 Å². The van der Waals surface area contributed by atoms with Crippen LogP contribution >= 0.6 is 11.3 Å². The fourth-order valence-electron chi connectivity index (χ4n) is 4.82. The van der Waals surface area contributed by atoms with Crippen molar-refractivity contribution in [2.45, 2.75) is 64.2 Å². The molecular weight excluding hydrogens is 400 g/mol. The maximum absolute atomic E-state index is 12.8. The molecule has 0 radical (unpaired) electrons. The lowest BCUT2D eigenvalue weighted by atomic mass is 9.80. The van der Waals surface area contributed by atoms with E-state index >= 15 is 0 Å². The lowest BCUT2D eigenvalue weighted by molar-refractivity contribution is 0.113. The monoisotopic (exact) mass is 432 g/mol. The molecule has 0 saturated carbocycles. The third kappa shape index (κ3) is 5.19. The van der Waals surface area contributed by atoms with Gasteiger partial charge in [0, 0.05) is 43.3 Å². The van der Waals surface area contributed by atoms with Crippen LogP contribution in [0.25, 0.3) is 10.7 Å². The molecule has 2 aromatic heterocycles. The summed E-state index contributed by atoms with van der Waals surface area (Å²) in [4.78, 5) is 22.5. The second-order valence-electron chi connectivity index (χ2n) is 9.70. The topological polar surface area (TPSA) is 86.5 Å². The first kappa shape index (κ1) is 21.3. The summed E-state index contributed by atoms with van der Waals surface area (Å²) in [6.07, 6.45) is 1.87. The Morgan fingerprint density at radius 1 is 1.23 bits per heavy atom. The molecular formula is C21H32N6O2S. The molecule has 8 nitrogen and oxygen atoms in total. The number of carbonyl (C=O) groups is 1. The molecule has 0 spiro atoms. The van der Waals surface area contributed by atoms with Crippen molar-refractivity contribution in [3.05, 3.63) is 23.4 Å². The number of carbonyl (C=O) groups excluding carboxylic acids is 1. The minimum absolute atomic E-state index is 0.0183. The largest absolute Gasteiger partial charge is 0.338 e. The number of aromatic nitrogens is 2. The van der Waals surface area contributed by atoms with Crippen LogP contribution < -0.4 is 10.6 Å². The van der Waals surface area contributed by atoms with Crippen LogP contribution in [-0.4, -0.2) is 69.3 Å². The first-order valence-electron chi connectivity index (χ1n) is 10.6. The van der Waals surface area contributed by atoms with Gasteiger partial charge in [-0.25, -0.2) is 4.79 Å². The van der Waals surface area contributed by atoms with Crippen LogP contribution in [0.3, 0.4) is 0 Å². The quantitative estimate of drug-likeness (QED) is 0.773. The van der Waals surface area contributed by atoms with Gasteiger partial charge in [0.1, 0.15) is 0 Å². The molecule has 0 atom stereocenters. The van der Waals surface area contributed by atoms with Crippen molar-refractivity contribution < 1.29 is 9.32 Å². The summed E-state index contributed by atoms with van der Waals surface area (Å²) in [5.74, 6) is 1.27. The first-order chi connectivity index (χ1) is 14.2. The number of hydrogen-bond donors (Lipinski definition) is 2. The third-order valence-electron chi connectivity index (χ3n) is 5.75. The molecule has 2 N–H and O–H groups in total. The van der Waals surface area contributed by atoms with Crippen LogP contribution in [0.2, 0.25) is 0 Å². The molecule has 164 valence electrons. The molecule has 4 rings (SSSR count).